The van der Waals surface area contributed by atoms with Crippen molar-refractivity contribution in [3.05, 3.63) is 80.7 Å². The van der Waals surface area contributed by atoms with Gasteiger partial charge in [-0.3, -0.25) is 4.79 Å². The average Bonchev–Trinajstić information content (AvgIpc) is 2.59. The van der Waals surface area contributed by atoms with E-state index in [2.05, 4.69) is 5.10 Å². The lowest BCUT2D eigenvalue weighted by atomic mass is 10.00. The first-order valence-corrected chi connectivity index (χ1v) is 8.52. The third kappa shape index (κ3) is 3.44. The number of hydrogen-bond acceptors (Lipinski definition) is 3. The van der Waals surface area contributed by atoms with Crippen LogP contribution >= 0.6 is 11.6 Å². The van der Waals surface area contributed by atoms with Crippen LogP contribution in [0.1, 0.15) is 23.7 Å². The van der Waals surface area contributed by atoms with Crippen LogP contribution in [0, 0.1) is 6.92 Å². The van der Waals surface area contributed by atoms with Gasteiger partial charge < -0.3 is 5.11 Å². The minimum absolute atomic E-state index is 0.0378. The van der Waals surface area contributed by atoms with Crippen molar-refractivity contribution in [1.82, 2.24) is 9.78 Å². The zero-order valence-corrected chi connectivity index (χ0v) is 14.9. The Morgan fingerprint density at radius 1 is 1.16 bits per heavy atom. The molecule has 128 valence electrons. The number of halogens is 1. The summed E-state index contributed by atoms with van der Waals surface area (Å²) in [7, 11) is 0. The molecule has 1 N–H and O–H groups in total. The maximum Gasteiger partial charge on any atom is 0.278 e. The van der Waals surface area contributed by atoms with Crippen molar-refractivity contribution in [3.63, 3.8) is 0 Å². The molecule has 0 atom stereocenters. The molecule has 2 aromatic carbocycles. The van der Waals surface area contributed by atoms with Crippen molar-refractivity contribution < 1.29 is 5.11 Å². The second-order valence-electron chi connectivity index (χ2n) is 5.93. The van der Waals surface area contributed by atoms with Crippen molar-refractivity contribution in [1.29, 1.82) is 0 Å². The predicted octanol–water partition coefficient (Wildman–Crippen LogP) is 4.19. The van der Waals surface area contributed by atoms with Crippen LogP contribution in [0.3, 0.4) is 0 Å². The largest absolute Gasteiger partial charge is 0.505 e. The third-order valence-corrected chi connectivity index (χ3v) is 4.41. The van der Waals surface area contributed by atoms with E-state index in [0.717, 1.165) is 16.7 Å². The number of rotatable bonds is 4. The SMILES string of the molecule is CCc1nn(Cc2cccc(Cl)c2)c(=O)c(-c2ccccc2C)c1O. The third-order valence-electron chi connectivity index (χ3n) is 4.17. The Hall–Kier alpha value is -2.59. The average molecular weight is 355 g/mol. The number of aromatic hydroxyl groups is 1. The monoisotopic (exact) mass is 354 g/mol. The second-order valence-corrected chi connectivity index (χ2v) is 6.37. The minimum Gasteiger partial charge on any atom is -0.505 e. The molecule has 0 aliphatic heterocycles. The molecule has 0 bridgehead atoms. The summed E-state index contributed by atoms with van der Waals surface area (Å²) < 4.78 is 1.39. The Morgan fingerprint density at radius 2 is 1.92 bits per heavy atom. The van der Waals surface area contributed by atoms with Gasteiger partial charge in [0.15, 0.2) is 5.75 Å². The lowest BCUT2D eigenvalue weighted by Crippen LogP contribution is -2.26. The Balaban J connectivity index is 2.19. The maximum atomic E-state index is 13.0. The van der Waals surface area contributed by atoms with Crippen LogP contribution in [0.25, 0.3) is 11.1 Å². The minimum atomic E-state index is -0.316. The zero-order chi connectivity index (χ0) is 18.0. The molecule has 0 unspecified atom stereocenters. The van der Waals surface area contributed by atoms with E-state index < -0.39 is 0 Å². The Bertz CT molecular complexity index is 980. The van der Waals surface area contributed by atoms with Gasteiger partial charge in [-0.1, -0.05) is 54.9 Å². The predicted molar refractivity (Wildman–Crippen MR) is 100 cm³/mol. The first-order valence-electron chi connectivity index (χ1n) is 8.14. The second kappa shape index (κ2) is 7.11. The van der Waals surface area contributed by atoms with Crippen LogP contribution in [0.4, 0.5) is 0 Å². The Labute approximate surface area is 151 Å². The van der Waals surface area contributed by atoms with Gasteiger partial charge in [0.05, 0.1) is 12.1 Å². The van der Waals surface area contributed by atoms with Crippen LogP contribution in [-0.2, 0) is 13.0 Å². The van der Waals surface area contributed by atoms with Crippen molar-refractivity contribution >= 4 is 11.6 Å². The molecular formula is C20H19ClN2O2. The molecule has 5 heteroatoms. The van der Waals surface area contributed by atoms with Crippen LogP contribution < -0.4 is 5.56 Å². The van der Waals surface area contributed by atoms with E-state index in [4.69, 9.17) is 11.6 Å². The van der Waals surface area contributed by atoms with Crippen LogP contribution in [0.5, 0.6) is 5.75 Å². The maximum absolute atomic E-state index is 13.0. The van der Waals surface area contributed by atoms with Gasteiger partial charge >= 0.3 is 0 Å². The molecule has 0 amide bonds. The molecule has 0 fully saturated rings. The molecule has 0 radical (unpaired) electrons. The number of benzene rings is 2. The highest BCUT2D eigenvalue weighted by Crippen LogP contribution is 2.30. The van der Waals surface area contributed by atoms with Crippen LogP contribution in [0.2, 0.25) is 5.02 Å². The number of nitrogens with zero attached hydrogens (tertiary/aromatic N) is 2. The van der Waals surface area contributed by atoms with Gasteiger partial charge in [-0.15, -0.1) is 0 Å². The molecule has 3 rings (SSSR count). The quantitative estimate of drug-likeness (QED) is 0.764. The summed E-state index contributed by atoms with van der Waals surface area (Å²) in [5, 5.41) is 15.5. The molecule has 25 heavy (non-hydrogen) atoms. The molecular weight excluding hydrogens is 336 g/mol. The normalized spacial score (nSPS) is 10.8. The molecule has 4 nitrogen and oxygen atoms in total. The Kier molecular flexibility index (Phi) is 4.91. The first kappa shape index (κ1) is 17.2. The van der Waals surface area contributed by atoms with Gasteiger partial charge in [0.1, 0.15) is 5.69 Å². The number of aromatic nitrogens is 2. The molecule has 0 aliphatic carbocycles. The van der Waals surface area contributed by atoms with Gasteiger partial charge in [0.25, 0.3) is 5.56 Å². The van der Waals surface area contributed by atoms with Crippen molar-refractivity contribution in [2.24, 2.45) is 0 Å². The fourth-order valence-corrected chi connectivity index (χ4v) is 3.08. The summed E-state index contributed by atoms with van der Waals surface area (Å²) >= 11 is 6.03. The Morgan fingerprint density at radius 3 is 2.60 bits per heavy atom. The number of aryl methyl sites for hydroxylation is 2. The molecule has 0 saturated heterocycles. The molecule has 0 aliphatic rings. The highest BCUT2D eigenvalue weighted by Gasteiger charge is 2.19. The molecule has 1 aromatic heterocycles. The number of hydrogen-bond donors (Lipinski definition) is 1. The highest BCUT2D eigenvalue weighted by molar-refractivity contribution is 6.30. The molecule has 1 heterocycles. The lowest BCUT2D eigenvalue weighted by molar-refractivity contribution is 0.454. The fourth-order valence-electron chi connectivity index (χ4n) is 2.86. The van der Waals surface area contributed by atoms with E-state index in [1.54, 1.807) is 6.07 Å². The van der Waals surface area contributed by atoms with Gasteiger partial charge in [-0.05, 0) is 42.2 Å². The van der Waals surface area contributed by atoms with Crippen LogP contribution in [0.15, 0.2) is 53.3 Å². The van der Waals surface area contributed by atoms with E-state index in [1.165, 1.54) is 4.68 Å². The topological polar surface area (TPSA) is 55.1 Å². The highest BCUT2D eigenvalue weighted by atomic mass is 35.5. The van der Waals surface area contributed by atoms with E-state index in [-0.39, 0.29) is 11.3 Å². The van der Waals surface area contributed by atoms with E-state index in [9.17, 15) is 9.90 Å². The summed E-state index contributed by atoms with van der Waals surface area (Å²) in [6, 6.07) is 14.8. The van der Waals surface area contributed by atoms with Crippen molar-refractivity contribution in [2.45, 2.75) is 26.8 Å². The van der Waals surface area contributed by atoms with E-state index in [1.807, 2.05) is 56.3 Å². The molecule has 0 saturated carbocycles. The lowest BCUT2D eigenvalue weighted by Gasteiger charge is -2.14. The fraction of sp³-hybridized carbons (Fsp3) is 0.200. The van der Waals surface area contributed by atoms with E-state index in [0.29, 0.717) is 29.2 Å². The summed E-state index contributed by atoms with van der Waals surface area (Å²) in [5.41, 5.74) is 3.01. The smallest absolute Gasteiger partial charge is 0.278 e. The van der Waals surface area contributed by atoms with E-state index >= 15 is 0 Å². The van der Waals surface area contributed by atoms with Crippen molar-refractivity contribution in [2.75, 3.05) is 0 Å². The molecule has 0 spiro atoms. The molecule has 3 aromatic rings. The zero-order valence-electron chi connectivity index (χ0n) is 14.2. The van der Waals surface area contributed by atoms with Crippen LogP contribution in [-0.4, -0.2) is 14.9 Å². The van der Waals surface area contributed by atoms with Gasteiger partial charge in [0, 0.05) is 5.02 Å². The van der Waals surface area contributed by atoms with Gasteiger partial charge in [-0.25, -0.2) is 4.68 Å². The van der Waals surface area contributed by atoms with Gasteiger partial charge in [-0.2, -0.15) is 5.10 Å². The summed E-state index contributed by atoms with van der Waals surface area (Å²) in [6.45, 7) is 4.12. The summed E-state index contributed by atoms with van der Waals surface area (Å²) in [6.07, 6.45) is 0.528. The standard InChI is InChI=1S/C20H19ClN2O2/c1-3-17-19(24)18(16-10-5-4-7-13(16)2)20(25)23(22-17)12-14-8-6-9-15(21)11-14/h4-11,24H,3,12H2,1-2H3. The van der Waals surface area contributed by atoms with Gasteiger partial charge in [0.2, 0.25) is 0 Å². The van der Waals surface area contributed by atoms with Crippen molar-refractivity contribution in [3.8, 4) is 16.9 Å². The first-order chi connectivity index (χ1) is 12.0. The summed E-state index contributed by atoms with van der Waals surface area (Å²) in [4.78, 5) is 13.0. The summed E-state index contributed by atoms with van der Waals surface area (Å²) in [5.74, 6) is -0.0378.